The fourth-order valence-corrected chi connectivity index (χ4v) is 3.57. The third-order valence-corrected chi connectivity index (χ3v) is 5.21. The van der Waals surface area contributed by atoms with Gasteiger partial charge in [-0.15, -0.1) is 13.2 Å². The van der Waals surface area contributed by atoms with Crippen LogP contribution in [0.3, 0.4) is 0 Å². The van der Waals surface area contributed by atoms with E-state index in [9.17, 15) is 18.0 Å². The molecule has 0 radical (unpaired) electrons. The lowest BCUT2D eigenvalue weighted by atomic mass is 10.0. The first-order valence-electron chi connectivity index (χ1n) is 9.70. The molecule has 10 heteroatoms. The first-order chi connectivity index (χ1) is 13.8. The average molecular weight is 497 g/mol. The van der Waals surface area contributed by atoms with Crippen molar-refractivity contribution < 1.29 is 32.2 Å². The number of carbonyl (C=O) groups excluding carboxylic acids is 1. The average Bonchev–Trinajstić information content (AvgIpc) is 2.61. The Labute approximate surface area is 183 Å². The van der Waals surface area contributed by atoms with Crippen LogP contribution in [-0.4, -0.2) is 67.2 Å². The van der Waals surface area contributed by atoms with Crippen LogP contribution in [0.2, 0.25) is 0 Å². The molecule has 0 N–H and O–H groups in total. The van der Waals surface area contributed by atoms with E-state index in [1.807, 2.05) is 20.8 Å². The summed E-state index contributed by atoms with van der Waals surface area (Å²) in [6.45, 7) is 8.24. The number of amides is 1. The highest BCUT2D eigenvalue weighted by Gasteiger charge is 2.31. The molecule has 1 saturated heterocycles. The summed E-state index contributed by atoms with van der Waals surface area (Å²) in [5.74, 6) is 0.141. The van der Waals surface area contributed by atoms with Gasteiger partial charge in [0, 0.05) is 32.7 Å². The number of likely N-dealkylation sites (tertiary alicyclic amines) is 1. The van der Waals surface area contributed by atoms with Crippen LogP contribution in [0.4, 0.5) is 18.0 Å². The monoisotopic (exact) mass is 496 g/mol. The Kier molecular flexibility index (Phi) is 8.27. The molecule has 0 aliphatic carbocycles. The smallest absolute Gasteiger partial charge is 0.491 e. The number of piperidine rings is 1. The van der Waals surface area contributed by atoms with Crippen molar-refractivity contribution in [2.45, 2.75) is 51.6 Å². The van der Waals surface area contributed by atoms with Crippen molar-refractivity contribution in [3.05, 3.63) is 22.7 Å². The fraction of sp³-hybridized carbons (Fsp3) is 0.650. The van der Waals surface area contributed by atoms with E-state index in [0.717, 1.165) is 25.9 Å². The largest absolute Gasteiger partial charge is 0.573 e. The van der Waals surface area contributed by atoms with Gasteiger partial charge < -0.3 is 19.1 Å². The van der Waals surface area contributed by atoms with E-state index in [-0.39, 0.29) is 17.9 Å². The highest BCUT2D eigenvalue weighted by Crippen LogP contribution is 2.32. The molecule has 0 atom stereocenters. The maximum atomic E-state index is 12.3. The molecular weight excluding hydrogens is 469 g/mol. The van der Waals surface area contributed by atoms with Gasteiger partial charge in [-0.1, -0.05) is 0 Å². The van der Waals surface area contributed by atoms with Crippen LogP contribution in [0.15, 0.2) is 22.7 Å². The van der Waals surface area contributed by atoms with Crippen molar-refractivity contribution in [1.29, 1.82) is 0 Å². The van der Waals surface area contributed by atoms with Gasteiger partial charge in [0.15, 0.2) is 0 Å². The van der Waals surface area contributed by atoms with Crippen molar-refractivity contribution in [2.75, 3.05) is 33.3 Å². The SMILES string of the molecule is CN(C(=O)OC(C)(C)C)C1CCN(CCOc2ccc(OC(F)(F)F)cc2Br)CC1. The van der Waals surface area contributed by atoms with Crippen molar-refractivity contribution in [3.63, 3.8) is 0 Å². The Balaban J connectivity index is 1.74. The molecule has 0 spiro atoms. The van der Waals surface area contributed by atoms with Crippen molar-refractivity contribution in [2.24, 2.45) is 0 Å². The predicted octanol–water partition coefficient (Wildman–Crippen LogP) is 5.06. The Hall–Kier alpha value is -1.68. The molecule has 2 rings (SSSR count). The van der Waals surface area contributed by atoms with E-state index in [4.69, 9.17) is 9.47 Å². The molecule has 1 aromatic rings. The number of hydrogen-bond acceptors (Lipinski definition) is 5. The molecule has 170 valence electrons. The molecule has 0 bridgehead atoms. The first kappa shape index (κ1) is 24.6. The molecular formula is C20H28BrF3N2O4. The van der Waals surface area contributed by atoms with Crippen LogP contribution in [0.1, 0.15) is 33.6 Å². The number of ether oxygens (including phenoxy) is 3. The van der Waals surface area contributed by atoms with E-state index in [2.05, 4.69) is 25.6 Å². The lowest BCUT2D eigenvalue weighted by molar-refractivity contribution is -0.274. The molecule has 1 aliphatic heterocycles. The van der Waals surface area contributed by atoms with E-state index >= 15 is 0 Å². The third-order valence-electron chi connectivity index (χ3n) is 4.59. The first-order valence-corrected chi connectivity index (χ1v) is 10.5. The maximum Gasteiger partial charge on any atom is 0.573 e. The number of hydrogen-bond donors (Lipinski definition) is 0. The molecule has 1 aromatic carbocycles. The Morgan fingerprint density at radius 3 is 2.40 bits per heavy atom. The summed E-state index contributed by atoms with van der Waals surface area (Å²) in [7, 11) is 1.77. The van der Waals surface area contributed by atoms with Crippen LogP contribution >= 0.6 is 15.9 Å². The lowest BCUT2D eigenvalue weighted by Gasteiger charge is -2.37. The summed E-state index contributed by atoms with van der Waals surface area (Å²) < 4.78 is 52.2. The second kappa shape index (κ2) is 10.1. The summed E-state index contributed by atoms with van der Waals surface area (Å²) in [6.07, 6.45) is -3.37. The van der Waals surface area contributed by atoms with Crippen molar-refractivity contribution in [1.82, 2.24) is 9.80 Å². The second-order valence-electron chi connectivity index (χ2n) is 8.15. The van der Waals surface area contributed by atoms with Gasteiger partial charge in [0.2, 0.25) is 0 Å². The molecule has 1 amide bonds. The molecule has 1 heterocycles. The molecule has 0 saturated carbocycles. The molecule has 0 aromatic heterocycles. The number of rotatable bonds is 6. The quantitative estimate of drug-likeness (QED) is 0.550. The maximum absolute atomic E-state index is 12.3. The van der Waals surface area contributed by atoms with Gasteiger partial charge in [-0.25, -0.2) is 4.79 Å². The topological polar surface area (TPSA) is 51.2 Å². The van der Waals surface area contributed by atoms with E-state index in [1.54, 1.807) is 11.9 Å². The number of benzene rings is 1. The molecule has 6 nitrogen and oxygen atoms in total. The van der Waals surface area contributed by atoms with Crippen LogP contribution < -0.4 is 9.47 Å². The molecule has 0 unspecified atom stereocenters. The number of alkyl halides is 3. The van der Waals surface area contributed by atoms with Crippen LogP contribution in [-0.2, 0) is 4.74 Å². The summed E-state index contributed by atoms with van der Waals surface area (Å²) in [6, 6.07) is 4.01. The predicted molar refractivity (Wildman–Crippen MR) is 110 cm³/mol. The fourth-order valence-electron chi connectivity index (χ4n) is 3.09. The number of nitrogens with zero attached hydrogens (tertiary/aromatic N) is 2. The second-order valence-corrected chi connectivity index (χ2v) is 9.01. The minimum Gasteiger partial charge on any atom is -0.491 e. The standard InChI is InChI=1S/C20H28BrF3N2O4/c1-19(2,3)30-18(27)25(4)14-7-9-26(10-8-14)11-12-28-17-6-5-15(13-16(17)21)29-20(22,23)24/h5-6,13-14H,7-12H2,1-4H3. The highest BCUT2D eigenvalue weighted by molar-refractivity contribution is 9.10. The normalized spacial score (nSPS) is 16.3. The minimum atomic E-state index is -4.73. The number of halogens is 4. The zero-order chi connectivity index (χ0) is 22.5. The van der Waals surface area contributed by atoms with E-state index in [1.165, 1.54) is 18.2 Å². The van der Waals surface area contributed by atoms with Gasteiger partial charge in [0.05, 0.1) is 4.47 Å². The van der Waals surface area contributed by atoms with Gasteiger partial charge >= 0.3 is 12.5 Å². The van der Waals surface area contributed by atoms with Gasteiger partial charge in [-0.3, -0.25) is 4.90 Å². The van der Waals surface area contributed by atoms with Gasteiger partial charge in [-0.05, 0) is 67.7 Å². The zero-order valence-electron chi connectivity index (χ0n) is 17.6. The van der Waals surface area contributed by atoms with Crippen LogP contribution in [0.25, 0.3) is 0 Å². The Bertz CT molecular complexity index is 717. The molecule has 30 heavy (non-hydrogen) atoms. The van der Waals surface area contributed by atoms with Gasteiger partial charge in [0.1, 0.15) is 23.7 Å². The van der Waals surface area contributed by atoms with Gasteiger partial charge in [0.25, 0.3) is 0 Å². The van der Waals surface area contributed by atoms with E-state index in [0.29, 0.717) is 23.4 Å². The summed E-state index contributed by atoms with van der Waals surface area (Å²) in [5.41, 5.74) is -0.519. The zero-order valence-corrected chi connectivity index (χ0v) is 19.2. The minimum absolute atomic E-state index is 0.132. The van der Waals surface area contributed by atoms with Crippen LogP contribution in [0, 0.1) is 0 Å². The summed E-state index contributed by atoms with van der Waals surface area (Å²) in [4.78, 5) is 16.1. The Morgan fingerprint density at radius 2 is 1.87 bits per heavy atom. The molecule has 1 aliphatic rings. The number of carbonyl (C=O) groups is 1. The summed E-state index contributed by atoms with van der Waals surface area (Å²) in [5, 5.41) is 0. The van der Waals surface area contributed by atoms with Crippen molar-refractivity contribution >= 4 is 22.0 Å². The summed E-state index contributed by atoms with van der Waals surface area (Å²) >= 11 is 3.20. The third kappa shape index (κ3) is 8.22. The van der Waals surface area contributed by atoms with Gasteiger partial charge in [-0.2, -0.15) is 0 Å². The van der Waals surface area contributed by atoms with Crippen LogP contribution in [0.5, 0.6) is 11.5 Å². The molecule has 1 fully saturated rings. The Morgan fingerprint density at radius 1 is 1.23 bits per heavy atom. The van der Waals surface area contributed by atoms with Crippen molar-refractivity contribution in [3.8, 4) is 11.5 Å². The lowest BCUT2D eigenvalue weighted by Crippen LogP contribution is -2.47. The highest BCUT2D eigenvalue weighted by atomic mass is 79.9. The van der Waals surface area contributed by atoms with E-state index < -0.39 is 12.0 Å².